The van der Waals surface area contributed by atoms with Crippen LogP contribution in [-0.2, 0) is 13.6 Å². The van der Waals surface area contributed by atoms with Gasteiger partial charge in [0.05, 0.1) is 11.5 Å². The molecule has 0 fully saturated rings. The number of carbonyl (C=O) groups is 1. The number of amides is 1. The number of benzene rings is 1. The Morgan fingerprint density at radius 1 is 1.37 bits per heavy atom. The van der Waals surface area contributed by atoms with E-state index in [1.807, 2.05) is 0 Å². The Hall–Kier alpha value is -3.27. The molecule has 9 nitrogen and oxygen atoms in total. The number of nitro groups is 1. The van der Waals surface area contributed by atoms with E-state index >= 15 is 0 Å². The predicted octanol–water partition coefficient (Wildman–Crippen LogP) is 2.93. The molecule has 27 heavy (non-hydrogen) atoms. The maximum Gasteiger partial charge on any atom is 0.322 e. The van der Waals surface area contributed by atoms with Gasteiger partial charge >= 0.3 is 5.69 Å². The molecule has 0 radical (unpaired) electrons. The van der Waals surface area contributed by atoms with Gasteiger partial charge in [-0.1, -0.05) is 17.7 Å². The molecule has 0 spiro atoms. The fraction of sp³-hybridized carbons (Fsp3) is 0.188. The van der Waals surface area contributed by atoms with Crippen LogP contribution in [0.1, 0.15) is 21.7 Å². The van der Waals surface area contributed by atoms with Gasteiger partial charge in [0.2, 0.25) is 5.69 Å². The number of carbonyl (C=O) groups excluding carboxylic acids is 1. The first-order valence-electron chi connectivity index (χ1n) is 7.73. The van der Waals surface area contributed by atoms with Gasteiger partial charge in [-0.2, -0.15) is 10.2 Å². The highest BCUT2D eigenvalue weighted by molar-refractivity contribution is 6.31. The van der Waals surface area contributed by atoms with Crippen LogP contribution in [0, 0.1) is 22.9 Å². The molecule has 0 aliphatic heterocycles. The lowest BCUT2D eigenvalue weighted by atomic mass is 10.2. The predicted molar refractivity (Wildman–Crippen MR) is 95.3 cm³/mol. The molecule has 0 saturated heterocycles. The second-order valence-electron chi connectivity index (χ2n) is 5.72. The highest BCUT2D eigenvalue weighted by Gasteiger charge is 2.29. The monoisotopic (exact) mass is 392 g/mol. The lowest BCUT2D eigenvalue weighted by molar-refractivity contribution is -0.385. The number of anilines is 1. The molecular formula is C16H14ClFN6O3. The van der Waals surface area contributed by atoms with E-state index in [1.54, 1.807) is 6.07 Å². The Kier molecular flexibility index (Phi) is 4.91. The van der Waals surface area contributed by atoms with Gasteiger partial charge in [0.1, 0.15) is 11.5 Å². The van der Waals surface area contributed by atoms with Gasteiger partial charge in [0.25, 0.3) is 5.91 Å². The highest BCUT2D eigenvalue weighted by Crippen LogP contribution is 2.23. The molecular weight excluding hydrogens is 379 g/mol. The Balaban J connectivity index is 1.80. The van der Waals surface area contributed by atoms with Crippen LogP contribution >= 0.6 is 11.6 Å². The van der Waals surface area contributed by atoms with Gasteiger partial charge in [-0.05, 0) is 19.1 Å². The average Bonchev–Trinajstić information content (AvgIpc) is 3.16. The van der Waals surface area contributed by atoms with E-state index in [4.69, 9.17) is 11.6 Å². The second kappa shape index (κ2) is 7.16. The smallest absolute Gasteiger partial charge is 0.303 e. The average molecular weight is 393 g/mol. The molecule has 11 heteroatoms. The molecule has 0 unspecified atom stereocenters. The molecule has 1 N–H and O–H groups in total. The first kappa shape index (κ1) is 18.5. The summed E-state index contributed by atoms with van der Waals surface area (Å²) < 4.78 is 16.5. The van der Waals surface area contributed by atoms with Crippen LogP contribution in [0.4, 0.5) is 15.9 Å². The number of hydrogen-bond acceptors (Lipinski definition) is 5. The van der Waals surface area contributed by atoms with Gasteiger partial charge in [-0.15, -0.1) is 0 Å². The Morgan fingerprint density at radius 2 is 2.11 bits per heavy atom. The van der Waals surface area contributed by atoms with Crippen LogP contribution in [0.15, 0.2) is 30.5 Å². The third kappa shape index (κ3) is 3.65. The maximum absolute atomic E-state index is 13.9. The molecule has 1 amide bonds. The number of halogens is 2. The standard InChI is InChI=1S/C16H14ClFN6O3/c1-9-15(24(26)27)14(21-22(9)2)16(25)19-13-6-7-23(20-13)8-10-11(17)4-3-5-12(10)18/h3-7H,8H2,1-2H3,(H,19,20,25). The summed E-state index contributed by atoms with van der Waals surface area (Å²) in [5, 5.41) is 21.9. The Bertz CT molecular complexity index is 1020. The Morgan fingerprint density at radius 3 is 2.78 bits per heavy atom. The third-order valence-corrected chi connectivity index (χ3v) is 4.32. The minimum absolute atomic E-state index is 0.0597. The molecule has 0 aliphatic rings. The number of hydrogen-bond donors (Lipinski definition) is 1. The van der Waals surface area contributed by atoms with Gasteiger partial charge < -0.3 is 5.32 Å². The number of nitrogens with one attached hydrogen (secondary N) is 1. The van der Waals surface area contributed by atoms with E-state index in [0.29, 0.717) is 0 Å². The van der Waals surface area contributed by atoms with E-state index in [9.17, 15) is 19.3 Å². The lowest BCUT2D eigenvalue weighted by Gasteiger charge is -2.06. The van der Waals surface area contributed by atoms with Crippen molar-refractivity contribution >= 4 is 29.0 Å². The van der Waals surface area contributed by atoms with E-state index in [2.05, 4.69) is 15.5 Å². The molecule has 140 valence electrons. The van der Waals surface area contributed by atoms with Gasteiger partial charge in [-0.3, -0.25) is 24.3 Å². The fourth-order valence-corrected chi connectivity index (χ4v) is 2.73. The molecule has 2 heterocycles. The van der Waals surface area contributed by atoms with Crippen molar-refractivity contribution < 1.29 is 14.1 Å². The van der Waals surface area contributed by atoms with Crippen molar-refractivity contribution in [2.75, 3.05) is 5.32 Å². The van der Waals surface area contributed by atoms with Gasteiger partial charge in [0, 0.05) is 29.9 Å². The van der Waals surface area contributed by atoms with Crippen molar-refractivity contribution in [3.63, 3.8) is 0 Å². The van der Waals surface area contributed by atoms with Crippen molar-refractivity contribution in [3.8, 4) is 0 Å². The van der Waals surface area contributed by atoms with Crippen LogP contribution in [0.2, 0.25) is 5.02 Å². The topological polar surface area (TPSA) is 108 Å². The first-order valence-corrected chi connectivity index (χ1v) is 8.11. The van der Waals surface area contributed by atoms with Crippen LogP contribution in [0.5, 0.6) is 0 Å². The third-order valence-electron chi connectivity index (χ3n) is 3.96. The zero-order valence-electron chi connectivity index (χ0n) is 14.3. The first-order chi connectivity index (χ1) is 12.8. The molecule has 0 aliphatic carbocycles. The highest BCUT2D eigenvalue weighted by atomic mass is 35.5. The minimum Gasteiger partial charge on any atom is -0.303 e. The largest absolute Gasteiger partial charge is 0.322 e. The Labute approximate surface area is 157 Å². The fourth-order valence-electron chi connectivity index (χ4n) is 2.51. The molecule has 0 bridgehead atoms. The van der Waals surface area contributed by atoms with Crippen molar-refractivity contribution in [1.29, 1.82) is 0 Å². The number of rotatable bonds is 5. The number of nitrogens with zero attached hydrogens (tertiary/aromatic N) is 5. The van der Waals surface area contributed by atoms with Crippen molar-refractivity contribution in [2.45, 2.75) is 13.5 Å². The van der Waals surface area contributed by atoms with Crippen molar-refractivity contribution in [2.24, 2.45) is 7.05 Å². The summed E-state index contributed by atoms with van der Waals surface area (Å²) in [7, 11) is 1.51. The normalized spacial score (nSPS) is 10.8. The summed E-state index contributed by atoms with van der Waals surface area (Å²) in [4.78, 5) is 22.9. The van der Waals surface area contributed by atoms with Crippen molar-refractivity contribution in [3.05, 3.63) is 68.4 Å². The zero-order valence-corrected chi connectivity index (χ0v) is 15.1. The van der Waals surface area contributed by atoms with Crippen LogP contribution in [-0.4, -0.2) is 30.4 Å². The van der Waals surface area contributed by atoms with E-state index in [0.717, 1.165) is 0 Å². The summed E-state index contributed by atoms with van der Waals surface area (Å²) in [5.74, 6) is -1.09. The molecule has 3 rings (SSSR count). The summed E-state index contributed by atoms with van der Waals surface area (Å²) in [6, 6.07) is 5.83. The molecule has 0 atom stereocenters. The zero-order chi connectivity index (χ0) is 19.7. The minimum atomic E-state index is -0.764. The SMILES string of the molecule is Cc1c([N+](=O)[O-])c(C(=O)Nc2ccn(Cc3c(F)cccc3Cl)n2)nn1C. The van der Waals surface area contributed by atoms with Gasteiger partial charge in [0.15, 0.2) is 5.82 Å². The van der Waals surface area contributed by atoms with E-state index in [-0.39, 0.29) is 40.0 Å². The summed E-state index contributed by atoms with van der Waals surface area (Å²) >= 11 is 5.99. The molecule has 3 aromatic rings. The molecule has 1 aromatic carbocycles. The van der Waals surface area contributed by atoms with Crippen LogP contribution in [0.3, 0.4) is 0 Å². The van der Waals surface area contributed by atoms with Crippen LogP contribution < -0.4 is 5.32 Å². The maximum atomic E-state index is 13.9. The lowest BCUT2D eigenvalue weighted by Crippen LogP contribution is -2.15. The van der Waals surface area contributed by atoms with Crippen LogP contribution in [0.25, 0.3) is 0 Å². The summed E-state index contributed by atoms with van der Waals surface area (Å²) in [5.41, 5.74) is -0.166. The quantitative estimate of drug-likeness (QED) is 0.530. The number of aromatic nitrogens is 4. The van der Waals surface area contributed by atoms with E-state index < -0.39 is 16.6 Å². The second-order valence-corrected chi connectivity index (χ2v) is 6.12. The van der Waals surface area contributed by atoms with E-state index in [1.165, 1.54) is 47.7 Å². The summed E-state index contributed by atoms with van der Waals surface area (Å²) in [6.07, 6.45) is 1.52. The van der Waals surface area contributed by atoms with Crippen molar-refractivity contribution in [1.82, 2.24) is 19.6 Å². The summed E-state index contributed by atoms with van der Waals surface area (Å²) in [6.45, 7) is 1.55. The molecule has 0 saturated carbocycles. The number of aryl methyl sites for hydroxylation is 1. The van der Waals surface area contributed by atoms with Gasteiger partial charge in [-0.25, -0.2) is 4.39 Å². The molecule has 2 aromatic heterocycles.